The minimum absolute atomic E-state index is 0.211. The van der Waals surface area contributed by atoms with Crippen LogP contribution < -0.4 is 0 Å². The summed E-state index contributed by atoms with van der Waals surface area (Å²) in [6, 6.07) is 9.80. The number of rotatable bonds is 7. The van der Waals surface area contributed by atoms with Crippen molar-refractivity contribution in [2.24, 2.45) is 0 Å². The molecule has 0 N–H and O–H groups in total. The molecule has 1 aromatic carbocycles. The third-order valence-corrected chi connectivity index (χ3v) is 3.30. The van der Waals surface area contributed by atoms with E-state index in [4.69, 9.17) is 0 Å². The van der Waals surface area contributed by atoms with Gasteiger partial charge < -0.3 is 0 Å². The van der Waals surface area contributed by atoms with Gasteiger partial charge in [-0.15, -0.1) is 0 Å². The van der Waals surface area contributed by atoms with Gasteiger partial charge in [0.15, 0.2) is 5.12 Å². The number of allylic oxidation sites excluding steroid dienone is 2. The highest BCUT2D eigenvalue weighted by Crippen LogP contribution is 2.19. The lowest BCUT2D eigenvalue weighted by Crippen LogP contribution is -1.87. The number of benzene rings is 1. The summed E-state index contributed by atoms with van der Waals surface area (Å²) in [5.41, 5.74) is 0. The van der Waals surface area contributed by atoms with E-state index in [1.54, 1.807) is 0 Å². The summed E-state index contributed by atoms with van der Waals surface area (Å²) in [5, 5.41) is 0.211. The van der Waals surface area contributed by atoms with Gasteiger partial charge in [0, 0.05) is 11.3 Å². The van der Waals surface area contributed by atoms with Crippen LogP contribution >= 0.6 is 11.8 Å². The molecule has 1 aromatic rings. The summed E-state index contributed by atoms with van der Waals surface area (Å²) >= 11 is 1.32. The molecule has 0 bridgehead atoms. The fraction of sp³-hybridized carbons (Fsp3) is 0.400. The van der Waals surface area contributed by atoms with Gasteiger partial charge in [0.25, 0.3) is 0 Å². The smallest absolute Gasteiger partial charge is 0.197 e. The lowest BCUT2D eigenvalue weighted by molar-refractivity contribution is -0.110. The van der Waals surface area contributed by atoms with Gasteiger partial charge >= 0.3 is 0 Å². The predicted molar refractivity (Wildman–Crippen MR) is 75.2 cm³/mol. The van der Waals surface area contributed by atoms with E-state index >= 15 is 0 Å². The molecule has 17 heavy (non-hydrogen) atoms. The molecule has 0 aliphatic heterocycles. The SMILES string of the molecule is CCCCC/C=C/CC(=O)Sc1ccccc1. The van der Waals surface area contributed by atoms with E-state index in [0.717, 1.165) is 11.3 Å². The number of thioether (sulfide) groups is 1. The second kappa shape index (κ2) is 9.06. The van der Waals surface area contributed by atoms with E-state index in [-0.39, 0.29) is 5.12 Å². The van der Waals surface area contributed by atoms with Crippen molar-refractivity contribution < 1.29 is 4.79 Å². The van der Waals surface area contributed by atoms with Crippen molar-refractivity contribution >= 4 is 16.9 Å². The molecule has 0 spiro atoms. The highest BCUT2D eigenvalue weighted by Gasteiger charge is 2.01. The van der Waals surface area contributed by atoms with E-state index < -0.39 is 0 Å². The normalized spacial score (nSPS) is 10.9. The second-order valence-electron chi connectivity index (χ2n) is 3.96. The molecule has 0 heterocycles. The first-order valence-corrected chi connectivity index (χ1v) is 7.05. The van der Waals surface area contributed by atoms with Gasteiger partial charge in [0.05, 0.1) is 0 Å². The van der Waals surface area contributed by atoms with Gasteiger partial charge in [0.2, 0.25) is 0 Å². The topological polar surface area (TPSA) is 17.1 Å². The minimum atomic E-state index is 0.211. The fourth-order valence-corrected chi connectivity index (χ4v) is 2.21. The molecule has 0 radical (unpaired) electrons. The maximum atomic E-state index is 11.6. The monoisotopic (exact) mass is 248 g/mol. The lowest BCUT2D eigenvalue weighted by atomic mass is 10.2. The second-order valence-corrected chi connectivity index (χ2v) is 5.09. The molecule has 0 aliphatic rings. The van der Waals surface area contributed by atoms with Crippen molar-refractivity contribution in [3.8, 4) is 0 Å². The molecule has 92 valence electrons. The molecular formula is C15H20OS. The van der Waals surface area contributed by atoms with Gasteiger partial charge in [-0.05, 0) is 25.0 Å². The molecular weight excluding hydrogens is 228 g/mol. The number of hydrogen-bond donors (Lipinski definition) is 0. The van der Waals surface area contributed by atoms with Gasteiger partial charge in [0.1, 0.15) is 0 Å². The summed E-state index contributed by atoms with van der Waals surface area (Å²) in [7, 11) is 0. The quantitative estimate of drug-likeness (QED) is 0.390. The molecule has 0 fully saturated rings. The van der Waals surface area contributed by atoms with Gasteiger partial charge in [-0.2, -0.15) is 0 Å². The third-order valence-electron chi connectivity index (χ3n) is 2.40. The van der Waals surface area contributed by atoms with Crippen LogP contribution in [0.5, 0.6) is 0 Å². The van der Waals surface area contributed by atoms with Crippen molar-refractivity contribution in [1.82, 2.24) is 0 Å². The van der Waals surface area contributed by atoms with Crippen molar-refractivity contribution in [3.05, 3.63) is 42.5 Å². The van der Waals surface area contributed by atoms with Crippen LogP contribution in [-0.2, 0) is 4.79 Å². The largest absolute Gasteiger partial charge is 0.286 e. The van der Waals surface area contributed by atoms with Crippen molar-refractivity contribution in [2.45, 2.75) is 43.9 Å². The van der Waals surface area contributed by atoms with Gasteiger partial charge in [-0.3, -0.25) is 4.79 Å². The van der Waals surface area contributed by atoms with Crippen LogP contribution in [0.15, 0.2) is 47.4 Å². The summed E-state index contributed by atoms with van der Waals surface area (Å²) in [5.74, 6) is 0. The predicted octanol–water partition coefficient (Wildman–Crippen LogP) is 4.83. The number of carbonyl (C=O) groups excluding carboxylic acids is 1. The summed E-state index contributed by atoms with van der Waals surface area (Å²) in [6.07, 6.45) is 9.50. The fourth-order valence-electron chi connectivity index (χ4n) is 1.47. The van der Waals surface area contributed by atoms with E-state index in [0.29, 0.717) is 6.42 Å². The van der Waals surface area contributed by atoms with Crippen molar-refractivity contribution in [3.63, 3.8) is 0 Å². The summed E-state index contributed by atoms with van der Waals surface area (Å²) in [4.78, 5) is 12.6. The molecule has 0 saturated carbocycles. The molecule has 2 heteroatoms. The van der Waals surface area contributed by atoms with Crippen molar-refractivity contribution in [2.75, 3.05) is 0 Å². The first-order chi connectivity index (χ1) is 8.33. The average Bonchev–Trinajstić information content (AvgIpc) is 2.35. The molecule has 0 atom stereocenters. The number of carbonyl (C=O) groups is 1. The number of hydrogen-bond acceptors (Lipinski definition) is 2. The first kappa shape index (κ1) is 14.0. The van der Waals surface area contributed by atoms with Crippen LogP contribution in [0.3, 0.4) is 0 Å². The summed E-state index contributed by atoms with van der Waals surface area (Å²) < 4.78 is 0. The minimum Gasteiger partial charge on any atom is -0.286 e. The standard InChI is InChI=1S/C15H20OS/c1-2-3-4-5-6-10-13-15(16)17-14-11-8-7-9-12-14/h6-12H,2-5,13H2,1H3/b10-6+. The molecule has 1 rings (SSSR count). The molecule has 0 saturated heterocycles. The zero-order valence-electron chi connectivity index (χ0n) is 10.4. The van der Waals surface area contributed by atoms with Crippen LogP contribution in [0.25, 0.3) is 0 Å². The van der Waals surface area contributed by atoms with Crippen LogP contribution in [0.1, 0.15) is 39.0 Å². The lowest BCUT2D eigenvalue weighted by Gasteiger charge is -1.97. The molecule has 0 amide bonds. The van der Waals surface area contributed by atoms with E-state index in [1.807, 2.05) is 36.4 Å². The van der Waals surface area contributed by atoms with Crippen LogP contribution in [0.4, 0.5) is 0 Å². The zero-order valence-corrected chi connectivity index (χ0v) is 11.2. The van der Waals surface area contributed by atoms with Crippen LogP contribution in [0.2, 0.25) is 0 Å². The highest BCUT2D eigenvalue weighted by molar-refractivity contribution is 8.13. The molecule has 1 nitrogen and oxygen atoms in total. The molecule has 0 unspecified atom stereocenters. The first-order valence-electron chi connectivity index (χ1n) is 6.23. The molecule has 0 aliphatic carbocycles. The third kappa shape index (κ3) is 7.01. The van der Waals surface area contributed by atoms with Gasteiger partial charge in [-0.25, -0.2) is 0 Å². The van der Waals surface area contributed by atoms with Gasteiger partial charge in [-0.1, -0.05) is 61.9 Å². The average molecular weight is 248 g/mol. The Morgan fingerprint density at radius 3 is 2.65 bits per heavy atom. The Balaban J connectivity index is 2.17. The Morgan fingerprint density at radius 1 is 1.18 bits per heavy atom. The Bertz CT molecular complexity index is 343. The van der Waals surface area contributed by atoms with E-state index in [2.05, 4.69) is 13.0 Å². The zero-order chi connectivity index (χ0) is 12.3. The Morgan fingerprint density at radius 2 is 1.94 bits per heavy atom. The Hall–Kier alpha value is -1.02. The maximum Gasteiger partial charge on any atom is 0.197 e. The highest BCUT2D eigenvalue weighted by atomic mass is 32.2. The molecule has 0 aromatic heterocycles. The number of unbranched alkanes of at least 4 members (excludes halogenated alkanes) is 3. The van der Waals surface area contributed by atoms with E-state index in [9.17, 15) is 4.79 Å². The Labute approximate surface area is 108 Å². The van der Waals surface area contributed by atoms with Crippen LogP contribution in [-0.4, -0.2) is 5.12 Å². The van der Waals surface area contributed by atoms with Crippen molar-refractivity contribution in [1.29, 1.82) is 0 Å². The Kier molecular flexibility index (Phi) is 7.48. The van der Waals surface area contributed by atoms with E-state index in [1.165, 1.54) is 31.0 Å². The van der Waals surface area contributed by atoms with Crippen LogP contribution in [0, 0.1) is 0 Å². The maximum absolute atomic E-state index is 11.6. The summed E-state index contributed by atoms with van der Waals surface area (Å²) in [6.45, 7) is 2.20.